The van der Waals surface area contributed by atoms with Crippen LogP contribution in [-0.4, -0.2) is 47.6 Å². The number of hydrogen-bond acceptors (Lipinski definition) is 3. The number of rotatable bonds is 3. The van der Waals surface area contributed by atoms with Crippen molar-refractivity contribution in [3.63, 3.8) is 0 Å². The molecule has 18 heavy (non-hydrogen) atoms. The Hall–Kier alpha value is -0.220. The van der Waals surface area contributed by atoms with Crippen molar-refractivity contribution < 1.29 is 9.53 Å². The maximum Gasteiger partial charge on any atom is 0.222 e. The van der Waals surface area contributed by atoms with E-state index < -0.39 is 0 Å². The van der Waals surface area contributed by atoms with Gasteiger partial charge >= 0.3 is 0 Å². The van der Waals surface area contributed by atoms with E-state index in [2.05, 4.69) is 30.5 Å². The maximum atomic E-state index is 12.3. The zero-order valence-electron chi connectivity index (χ0n) is 11.6. The molecule has 2 fully saturated rings. The Labute approximate surface area is 115 Å². The van der Waals surface area contributed by atoms with Gasteiger partial charge in [-0.25, -0.2) is 0 Å². The monoisotopic (exact) mass is 271 g/mol. The van der Waals surface area contributed by atoms with Crippen LogP contribution in [0.2, 0.25) is 0 Å². The molecule has 0 N–H and O–H groups in total. The van der Waals surface area contributed by atoms with Crippen LogP contribution in [0.3, 0.4) is 0 Å². The predicted molar refractivity (Wildman–Crippen MR) is 75.9 cm³/mol. The van der Waals surface area contributed by atoms with Gasteiger partial charge in [-0.05, 0) is 18.8 Å². The second-order valence-electron chi connectivity index (χ2n) is 5.68. The van der Waals surface area contributed by atoms with Gasteiger partial charge in [0.05, 0.1) is 0 Å². The highest BCUT2D eigenvalue weighted by molar-refractivity contribution is 8.00. The smallest absolute Gasteiger partial charge is 0.222 e. The van der Waals surface area contributed by atoms with Gasteiger partial charge in [0, 0.05) is 43.2 Å². The Morgan fingerprint density at radius 3 is 2.83 bits per heavy atom. The van der Waals surface area contributed by atoms with Crippen LogP contribution in [0.15, 0.2) is 0 Å². The van der Waals surface area contributed by atoms with Gasteiger partial charge in [-0.3, -0.25) is 4.79 Å². The Kier molecular flexibility index (Phi) is 4.96. The average molecular weight is 271 g/mol. The molecule has 1 amide bonds. The molecule has 0 aromatic carbocycles. The number of carbonyl (C=O) groups excluding carboxylic acids is 1. The van der Waals surface area contributed by atoms with Crippen LogP contribution in [0.4, 0.5) is 0 Å². The molecular weight excluding hydrogens is 246 g/mol. The molecule has 104 valence electrons. The lowest BCUT2D eigenvalue weighted by molar-refractivity contribution is -0.132. The minimum atomic E-state index is 0.293. The van der Waals surface area contributed by atoms with E-state index in [1.165, 1.54) is 0 Å². The quantitative estimate of drug-likeness (QED) is 0.790. The Morgan fingerprint density at radius 2 is 2.17 bits per heavy atom. The molecule has 2 aliphatic rings. The van der Waals surface area contributed by atoms with E-state index in [0.29, 0.717) is 23.0 Å². The van der Waals surface area contributed by atoms with Crippen molar-refractivity contribution in [1.82, 2.24) is 4.90 Å². The first-order chi connectivity index (χ1) is 8.65. The SMILES string of the molecule is CCC(C)CC(=O)N1CCSC2(CCOCC2)C1. The van der Waals surface area contributed by atoms with Crippen molar-refractivity contribution in [2.24, 2.45) is 5.92 Å². The van der Waals surface area contributed by atoms with Gasteiger partial charge in [0.15, 0.2) is 0 Å². The summed E-state index contributed by atoms with van der Waals surface area (Å²) in [5.41, 5.74) is 0. The van der Waals surface area contributed by atoms with Crippen LogP contribution in [0.1, 0.15) is 39.5 Å². The van der Waals surface area contributed by atoms with E-state index in [1.54, 1.807) is 0 Å². The van der Waals surface area contributed by atoms with Crippen molar-refractivity contribution in [2.75, 3.05) is 32.1 Å². The number of amides is 1. The minimum Gasteiger partial charge on any atom is -0.381 e. The summed E-state index contributed by atoms with van der Waals surface area (Å²) in [6.07, 6.45) is 4.01. The van der Waals surface area contributed by atoms with Crippen molar-refractivity contribution >= 4 is 17.7 Å². The minimum absolute atomic E-state index is 0.293. The molecule has 1 spiro atoms. The Morgan fingerprint density at radius 1 is 1.44 bits per heavy atom. The van der Waals surface area contributed by atoms with Gasteiger partial charge in [-0.2, -0.15) is 11.8 Å². The fourth-order valence-electron chi connectivity index (χ4n) is 2.68. The zero-order valence-corrected chi connectivity index (χ0v) is 12.4. The molecule has 4 heteroatoms. The maximum absolute atomic E-state index is 12.3. The van der Waals surface area contributed by atoms with E-state index in [4.69, 9.17) is 4.74 Å². The summed E-state index contributed by atoms with van der Waals surface area (Å²) in [4.78, 5) is 14.4. The lowest BCUT2D eigenvalue weighted by Gasteiger charge is -2.44. The third-order valence-corrected chi connectivity index (χ3v) is 5.76. The number of ether oxygens (including phenoxy) is 1. The van der Waals surface area contributed by atoms with Crippen molar-refractivity contribution in [3.8, 4) is 0 Å². The molecule has 0 aromatic rings. The second-order valence-corrected chi connectivity index (χ2v) is 7.24. The van der Waals surface area contributed by atoms with Crippen molar-refractivity contribution in [1.29, 1.82) is 0 Å². The van der Waals surface area contributed by atoms with Crippen LogP contribution >= 0.6 is 11.8 Å². The van der Waals surface area contributed by atoms with Crippen LogP contribution in [0.25, 0.3) is 0 Å². The topological polar surface area (TPSA) is 29.5 Å². The molecule has 2 aliphatic heterocycles. The highest BCUT2D eigenvalue weighted by atomic mass is 32.2. The normalized spacial score (nSPS) is 25.1. The van der Waals surface area contributed by atoms with Crippen molar-refractivity contribution in [3.05, 3.63) is 0 Å². The number of hydrogen-bond donors (Lipinski definition) is 0. The molecule has 2 heterocycles. The van der Waals surface area contributed by atoms with Gasteiger partial charge in [0.1, 0.15) is 0 Å². The van der Waals surface area contributed by atoms with Gasteiger partial charge in [-0.1, -0.05) is 20.3 Å². The summed E-state index contributed by atoms with van der Waals surface area (Å²) in [5, 5.41) is 0. The highest BCUT2D eigenvalue weighted by Gasteiger charge is 2.39. The number of carbonyl (C=O) groups is 1. The summed E-state index contributed by atoms with van der Waals surface area (Å²) >= 11 is 2.06. The summed E-state index contributed by atoms with van der Waals surface area (Å²) in [6, 6.07) is 0. The Balaban J connectivity index is 1.91. The van der Waals surface area contributed by atoms with Crippen LogP contribution in [0, 0.1) is 5.92 Å². The number of thioether (sulfide) groups is 1. The van der Waals surface area contributed by atoms with Crippen LogP contribution < -0.4 is 0 Å². The Bertz CT molecular complexity index is 284. The fourth-order valence-corrected chi connectivity index (χ4v) is 4.12. The summed E-state index contributed by atoms with van der Waals surface area (Å²) in [5.74, 6) is 1.96. The third-order valence-electron chi connectivity index (χ3n) is 4.23. The van der Waals surface area contributed by atoms with E-state index in [-0.39, 0.29) is 0 Å². The lowest BCUT2D eigenvalue weighted by Crippen LogP contribution is -2.51. The predicted octanol–water partition coefficient (Wildman–Crippen LogP) is 2.55. The first-order valence-electron chi connectivity index (χ1n) is 7.15. The van der Waals surface area contributed by atoms with E-state index in [0.717, 1.165) is 51.3 Å². The molecule has 0 bridgehead atoms. The van der Waals surface area contributed by atoms with Gasteiger partial charge in [0.2, 0.25) is 5.91 Å². The summed E-state index contributed by atoms with van der Waals surface area (Å²) in [6.45, 7) is 7.92. The largest absolute Gasteiger partial charge is 0.381 e. The molecule has 2 saturated heterocycles. The standard InChI is InChI=1S/C14H25NO2S/c1-3-12(2)10-13(16)15-6-9-18-14(11-15)4-7-17-8-5-14/h12H,3-11H2,1-2H3. The zero-order chi connectivity index (χ0) is 13.0. The van der Waals surface area contributed by atoms with Gasteiger partial charge < -0.3 is 9.64 Å². The molecule has 1 unspecified atom stereocenters. The first-order valence-corrected chi connectivity index (χ1v) is 8.13. The molecule has 1 atom stereocenters. The van der Waals surface area contributed by atoms with Gasteiger partial charge in [-0.15, -0.1) is 0 Å². The molecule has 0 radical (unpaired) electrons. The van der Waals surface area contributed by atoms with E-state index in [1.807, 2.05) is 0 Å². The third kappa shape index (κ3) is 3.41. The number of nitrogens with zero attached hydrogens (tertiary/aromatic N) is 1. The molecule has 2 rings (SSSR count). The summed E-state index contributed by atoms with van der Waals surface area (Å²) in [7, 11) is 0. The summed E-state index contributed by atoms with van der Waals surface area (Å²) < 4.78 is 5.75. The van der Waals surface area contributed by atoms with Crippen LogP contribution in [0.5, 0.6) is 0 Å². The molecule has 0 aromatic heterocycles. The van der Waals surface area contributed by atoms with E-state index >= 15 is 0 Å². The highest BCUT2D eigenvalue weighted by Crippen LogP contribution is 2.39. The second kappa shape index (κ2) is 6.29. The van der Waals surface area contributed by atoms with E-state index in [9.17, 15) is 4.79 Å². The molecule has 0 aliphatic carbocycles. The average Bonchev–Trinajstić information content (AvgIpc) is 2.39. The lowest BCUT2D eigenvalue weighted by atomic mass is 9.97. The van der Waals surface area contributed by atoms with Crippen LogP contribution in [-0.2, 0) is 9.53 Å². The molecule has 3 nitrogen and oxygen atoms in total. The molecule has 0 saturated carbocycles. The van der Waals surface area contributed by atoms with Crippen molar-refractivity contribution in [2.45, 2.75) is 44.3 Å². The first kappa shape index (κ1) is 14.2. The molecular formula is C14H25NO2S. The van der Waals surface area contributed by atoms with Gasteiger partial charge in [0.25, 0.3) is 0 Å². The fraction of sp³-hybridized carbons (Fsp3) is 0.929.